The van der Waals surface area contributed by atoms with Crippen LogP contribution in [0.5, 0.6) is 5.75 Å². The van der Waals surface area contributed by atoms with Crippen LogP contribution >= 0.6 is 0 Å². The number of ether oxygens (including phenoxy) is 2. The van der Waals surface area contributed by atoms with Crippen LogP contribution in [0, 0.1) is 5.82 Å². The first-order valence-corrected chi connectivity index (χ1v) is 12.2. The van der Waals surface area contributed by atoms with Gasteiger partial charge >= 0.3 is 5.97 Å². The number of nitrogens with zero attached hydrogens (tertiary/aromatic N) is 3. The number of halogens is 1. The van der Waals surface area contributed by atoms with Gasteiger partial charge < -0.3 is 9.47 Å². The van der Waals surface area contributed by atoms with Crippen LogP contribution in [-0.2, 0) is 14.8 Å². The van der Waals surface area contributed by atoms with E-state index in [0.717, 1.165) is 6.26 Å². The average Bonchev–Trinajstić information content (AvgIpc) is 3.14. The number of hydrogen-bond acceptors (Lipinski definition) is 6. The number of sulfonamides is 1. The average molecular weight is 476 g/mol. The highest BCUT2D eigenvalue weighted by molar-refractivity contribution is 7.92. The summed E-state index contributed by atoms with van der Waals surface area (Å²) in [6, 6.07) is 7.11. The first kappa shape index (κ1) is 24.2. The van der Waals surface area contributed by atoms with Gasteiger partial charge in [-0.1, -0.05) is 6.08 Å². The van der Waals surface area contributed by atoms with Gasteiger partial charge in [-0.05, 0) is 44.0 Å². The van der Waals surface area contributed by atoms with E-state index in [4.69, 9.17) is 9.47 Å². The van der Waals surface area contributed by atoms with Crippen LogP contribution in [0.2, 0.25) is 0 Å². The van der Waals surface area contributed by atoms with Crippen molar-refractivity contribution in [3.8, 4) is 17.0 Å². The summed E-state index contributed by atoms with van der Waals surface area (Å²) in [6.07, 6.45) is 5.53. The summed E-state index contributed by atoms with van der Waals surface area (Å²) >= 11 is 0. The molecule has 1 aromatic carbocycles. The third-order valence-electron chi connectivity index (χ3n) is 4.97. The fourth-order valence-electron chi connectivity index (χ4n) is 3.47. The molecule has 0 N–H and O–H groups in total. The molecule has 0 aliphatic carbocycles. The van der Waals surface area contributed by atoms with Gasteiger partial charge in [0.05, 0.1) is 31.7 Å². The molecule has 3 rings (SSSR count). The second-order valence-electron chi connectivity index (χ2n) is 7.27. The van der Waals surface area contributed by atoms with Crippen molar-refractivity contribution in [2.75, 3.05) is 30.8 Å². The lowest BCUT2D eigenvalue weighted by Crippen LogP contribution is -2.31. The Morgan fingerprint density at radius 3 is 2.58 bits per heavy atom. The highest BCUT2D eigenvalue weighted by Crippen LogP contribution is 2.35. The Bertz CT molecular complexity index is 1270. The van der Waals surface area contributed by atoms with Crippen LogP contribution in [-0.4, -0.2) is 50.5 Å². The van der Waals surface area contributed by atoms with Gasteiger partial charge in [-0.15, -0.1) is 6.58 Å². The molecule has 0 fully saturated rings. The molecule has 2 aromatic heterocycles. The molecule has 0 spiro atoms. The first-order valence-electron chi connectivity index (χ1n) is 10.3. The van der Waals surface area contributed by atoms with Crippen molar-refractivity contribution in [3.63, 3.8) is 0 Å². The normalized spacial score (nSPS) is 11.4. The van der Waals surface area contributed by atoms with Crippen LogP contribution in [0.3, 0.4) is 0 Å². The van der Waals surface area contributed by atoms with E-state index in [1.54, 1.807) is 19.1 Å². The van der Waals surface area contributed by atoms with Crippen LogP contribution in [0.25, 0.3) is 16.8 Å². The standard InChI is InChI=1S/C23H26FN3O5S/c1-5-7-8-13-27(33(4,29)30)19-15-26-18(14-20(19)31-3)21(23(28)32-6-2)22(25-26)16-9-11-17(24)12-10-16/h5,9-12,14-15H,1,6-8,13H2,2-4H3. The molecule has 0 saturated carbocycles. The van der Waals surface area contributed by atoms with Gasteiger partial charge in [-0.3, -0.25) is 4.31 Å². The van der Waals surface area contributed by atoms with E-state index in [2.05, 4.69) is 11.7 Å². The molecule has 0 saturated heterocycles. The SMILES string of the molecule is C=CCCCN(c1cn2nc(-c3ccc(F)cc3)c(C(=O)OCC)c2cc1OC)S(C)(=O)=O. The number of unbranched alkanes of at least 4 members (excludes halogenated alkanes) is 1. The maximum absolute atomic E-state index is 13.5. The number of fused-ring (bicyclic) bond motifs is 1. The minimum atomic E-state index is -3.64. The predicted octanol–water partition coefficient (Wildman–Crippen LogP) is 4.06. The van der Waals surface area contributed by atoms with Gasteiger partial charge in [-0.2, -0.15) is 5.10 Å². The lowest BCUT2D eigenvalue weighted by molar-refractivity contribution is 0.0529. The zero-order valence-electron chi connectivity index (χ0n) is 18.7. The van der Waals surface area contributed by atoms with E-state index in [1.165, 1.54) is 46.4 Å². The highest BCUT2D eigenvalue weighted by atomic mass is 32.2. The summed E-state index contributed by atoms with van der Waals surface area (Å²) in [5.41, 5.74) is 1.61. The second-order valence-corrected chi connectivity index (χ2v) is 9.18. The molecule has 0 bridgehead atoms. The summed E-state index contributed by atoms with van der Waals surface area (Å²) in [4.78, 5) is 12.8. The van der Waals surface area contributed by atoms with Crippen molar-refractivity contribution in [3.05, 3.63) is 60.6 Å². The summed E-state index contributed by atoms with van der Waals surface area (Å²) in [6.45, 7) is 5.72. The summed E-state index contributed by atoms with van der Waals surface area (Å²) in [5, 5.41) is 4.51. The molecule has 0 unspecified atom stereocenters. The maximum atomic E-state index is 13.5. The number of benzene rings is 1. The van der Waals surface area contributed by atoms with Crippen molar-refractivity contribution in [2.24, 2.45) is 0 Å². The Kier molecular flexibility index (Phi) is 7.37. The number of carbonyl (C=O) groups excluding carboxylic acids is 1. The number of rotatable bonds is 10. The third kappa shape index (κ3) is 5.16. The largest absolute Gasteiger partial charge is 0.494 e. The first-order chi connectivity index (χ1) is 15.7. The quantitative estimate of drug-likeness (QED) is 0.250. The van der Waals surface area contributed by atoms with Crippen molar-refractivity contribution in [1.29, 1.82) is 0 Å². The maximum Gasteiger partial charge on any atom is 0.342 e. The molecule has 0 aliphatic rings. The van der Waals surface area contributed by atoms with E-state index >= 15 is 0 Å². The molecule has 3 aromatic rings. The van der Waals surface area contributed by atoms with Gasteiger partial charge in [0, 0.05) is 18.2 Å². The highest BCUT2D eigenvalue weighted by Gasteiger charge is 2.27. The number of pyridine rings is 1. The minimum absolute atomic E-state index is 0.152. The van der Waals surface area contributed by atoms with Gasteiger partial charge in [0.1, 0.15) is 28.5 Å². The lowest BCUT2D eigenvalue weighted by Gasteiger charge is -2.24. The van der Waals surface area contributed by atoms with Crippen molar-refractivity contribution < 1.29 is 27.1 Å². The number of allylic oxidation sites excluding steroid dienone is 1. The number of hydrogen-bond donors (Lipinski definition) is 0. The van der Waals surface area contributed by atoms with Gasteiger partial charge in [0.15, 0.2) is 0 Å². The number of esters is 1. The van der Waals surface area contributed by atoms with Crippen LogP contribution in [0.1, 0.15) is 30.1 Å². The number of methoxy groups -OCH3 is 1. The van der Waals surface area contributed by atoms with Crippen molar-refractivity contribution >= 4 is 27.2 Å². The van der Waals surface area contributed by atoms with Crippen LogP contribution in [0.4, 0.5) is 10.1 Å². The van der Waals surface area contributed by atoms with Crippen LogP contribution in [0.15, 0.2) is 49.2 Å². The zero-order valence-corrected chi connectivity index (χ0v) is 19.6. The monoisotopic (exact) mass is 475 g/mol. The van der Waals surface area contributed by atoms with Gasteiger partial charge in [0.2, 0.25) is 10.0 Å². The van der Waals surface area contributed by atoms with E-state index < -0.39 is 21.8 Å². The van der Waals surface area contributed by atoms with Gasteiger partial charge in [0.25, 0.3) is 0 Å². The lowest BCUT2D eigenvalue weighted by atomic mass is 10.1. The minimum Gasteiger partial charge on any atom is -0.494 e. The van der Waals surface area contributed by atoms with Crippen LogP contribution < -0.4 is 9.04 Å². The molecular formula is C23H26FN3O5S. The van der Waals surface area contributed by atoms with E-state index in [-0.39, 0.29) is 35.8 Å². The summed E-state index contributed by atoms with van der Waals surface area (Å²) in [5.74, 6) is -0.775. The van der Waals surface area contributed by atoms with Crippen molar-refractivity contribution in [1.82, 2.24) is 9.61 Å². The van der Waals surface area contributed by atoms with Gasteiger partial charge in [-0.25, -0.2) is 22.1 Å². The van der Waals surface area contributed by atoms with E-state index in [9.17, 15) is 17.6 Å². The third-order valence-corrected chi connectivity index (χ3v) is 6.15. The molecule has 0 atom stereocenters. The van der Waals surface area contributed by atoms with Crippen molar-refractivity contribution in [2.45, 2.75) is 19.8 Å². The topological polar surface area (TPSA) is 90.2 Å². The summed E-state index contributed by atoms with van der Waals surface area (Å²) < 4.78 is 51.9. The number of anilines is 1. The number of aromatic nitrogens is 2. The Morgan fingerprint density at radius 2 is 2.00 bits per heavy atom. The molecule has 2 heterocycles. The predicted molar refractivity (Wildman–Crippen MR) is 125 cm³/mol. The van der Waals surface area contributed by atoms with E-state index in [0.29, 0.717) is 23.9 Å². The molecule has 176 valence electrons. The number of carbonyl (C=O) groups is 1. The summed E-state index contributed by atoms with van der Waals surface area (Å²) in [7, 11) is -2.22. The fraction of sp³-hybridized carbons (Fsp3) is 0.304. The molecule has 0 aliphatic heterocycles. The Labute approximate surface area is 192 Å². The Balaban J connectivity index is 2.26. The second kappa shape index (κ2) is 10.0. The Morgan fingerprint density at radius 1 is 1.30 bits per heavy atom. The van der Waals surface area contributed by atoms with E-state index in [1.807, 2.05) is 0 Å². The molecule has 0 amide bonds. The molecule has 33 heavy (non-hydrogen) atoms. The molecule has 8 nitrogen and oxygen atoms in total. The smallest absolute Gasteiger partial charge is 0.342 e. The Hall–Kier alpha value is -3.40. The molecular weight excluding hydrogens is 449 g/mol. The molecule has 10 heteroatoms. The fourth-order valence-corrected chi connectivity index (χ4v) is 4.43. The zero-order chi connectivity index (χ0) is 24.2. The molecule has 0 radical (unpaired) electrons.